The number of fused-ring (bicyclic) bond motifs is 1. The molecule has 0 radical (unpaired) electrons. The monoisotopic (exact) mass is 308 g/mol. The zero-order valence-corrected chi connectivity index (χ0v) is 12.3. The summed E-state index contributed by atoms with van der Waals surface area (Å²) in [6.07, 6.45) is 5.31. The predicted molar refractivity (Wildman–Crippen MR) is 85.9 cm³/mol. The van der Waals surface area contributed by atoms with Gasteiger partial charge in [0, 0.05) is 30.6 Å². The number of aryl methyl sites for hydroxylation is 1. The summed E-state index contributed by atoms with van der Waals surface area (Å²) in [5.74, 6) is 0.442. The first kappa shape index (κ1) is 13.4. The molecule has 0 unspecified atom stereocenters. The summed E-state index contributed by atoms with van der Waals surface area (Å²) >= 11 is 0. The van der Waals surface area contributed by atoms with E-state index >= 15 is 0 Å². The van der Waals surface area contributed by atoms with Crippen molar-refractivity contribution in [1.82, 2.24) is 24.7 Å². The number of rotatable bonds is 2. The van der Waals surface area contributed by atoms with Gasteiger partial charge >= 0.3 is 0 Å². The number of nitrogens with zero attached hydrogens (tertiary/aromatic N) is 4. The van der Waals surface area contributed by atoms with Gasteiger partial charge in [0.15, 0.2) is 5.82 Å². The SMILES string of the molecule is Cn1cc(-c2cnc(N)c(-c3nc4c(F)cccc4[nH]3)c2)cn1. The maximum atomic E-state index is 13.8. The van der Waals surface area contributed by atoms with Crippen LogP contribution in [0.25, 0.3) is 33.5 Å². The molecule has 0 aliphatic carbocycles. The minimum Gasteiger partial charge on any atom is -0.383 e. The number of nitrogens with two attached hydrogens (primary N) is 1. The molecule has 0 fully saturated rings. The molecule has 0 spiro atoms. The Morgan fingerprint density at radius 2 is 2.09 bits per heavy atom. The van der Waals surface area contributed by atoms with E-state index in [1.54, 1.807) is 29.2 Å². The van der Waals surface area contributed by atoms with E-state index < -0.39 is 0 Å². The van der Waals surface area contributed by atoms with Crippen LogP contribution in [-0.2, 0) is 7.05 Å². The number of aromatic nitrogens is 5. The van der Waals surface area contributed by atoms with Crippen LogP contribution in [-0.4, -0.2) is 24.7 Å². The van der Waals surface area contributed by atoms with Crippen molar-refractivity contribution >= 4 is 16.9 Å². The first-order valence-corrected chi connectivity index (χ1v) is 7.01. The van der Waals surface area contributed by atoms with E-state index in [2.05, 4.69) is 20.1 Å². The number of nitrogens with one attached hydrogen (secondary N) is 1. The predicted octanol–water partition coefficient (Wildman–Crippen LogP) is 2.75. The molecule has 0 aliphatic rings. The number of hydrogen-bond acceptors (Lipinski definition) is 4. The molecule has 7 heteroatoms. The number of anilines is 1. The van der Waals surface area contributed by atoms with Crippen molar-refractivity contribution in [2.75, 3.05) is 5.73 Å². The number of pyridine rings is 1. The molecule has 6 nitrogen and oxygen atoms in total. The second kappa shape index (κ2) is 4.91. The third-order valence-electron chi connectivity index (χ3n) is 3.68. The van der Waals surface area contributed by atoms with Crippen molar-refractivity contribution in [1.29, 1.82) is 0 Å². The summed E-state index contributed by atoms with van der Waals surface area (Å²) in [6, 6.07) is 6.65. The van der Waals surface area contributed by atoms with Crippen LogP contribution in [0.4, 0.5) is 10.2 Å². The fourth-order valence-corrected chi connectivity index (χ4v) is 2.52. The smallest absolute Gasteiger partial charge is 0.151 e. The Morgan fingerprint density at radius 3 is 2.83 bits per heavy atom. The third-order valence-corrected chi connectivity index (χ3v) is 3.68. The van der Waals surface area contributed by atoms with Gasteiger partial charge in [-0.2, -0.15) is 5.10 Å². The topological polar surface area (TPSA) is 85.4 Å². The van der Waals surface area contributed by atoms with Gasteiger partial charge < -0.3 is 10.7 Å². The molecule has 3 aromatic heterocycles. The molecule has 3 N–H and O–H groups in total. The third kappa shape index (κ3) is 2.22. The van der Waals surface area contributed by atoms with Gasteiger partial charge in [-0.1, -0.05) is 6.07 Å². The van der Waals surface area contributed by atoms with Crippen LogP contribution in [0.15, 0.2) is 42.9 Å². The van der Waals surface area contributed by atoms with Gasteiger partial charge in [0.1, 0.15) is 17.2 Å². The van der Waals surface area contributed by atoms with Crippen molar-refractivity contribution in [2.45, 2.75) is 0 Å². The average molecular weight is 308 g/mol. The van der Waals surface area contributed by atoms with E-state index in [0.29, 0.717) is 22.7 Å². The first-order valence-electron chi connectivity index (χ1n) is 7.01. The summed E-state index contributed by atoms with van der Waals surface area (Å²) in [5.41, 5.74) is 9.29. The number of imidazole rings is 1. The fraction of sp³-hybridized carbons (Fsp3) is 0.0625. The number of halogens is 1. The lowest BCUT2D eigenvalue weighted by Gasteiger charge is -2.04. The summed E-state index contributed by atoms with van der Waals surface area (Å²) < 4.78 is 15.5. The standard InChI is InChI=1S/C16H13FN6/c1-23-8-10(7-20-23)9-5-11(15(18)19-6-9)16-21-13-4-2-3-12(17)14(13)22-16/h2-8H,1H3,(H2,18,19)(H,21,22). The van der Waals surface area contributed by atoms with Crippen LogP contribution in [0.1, 0.15) is 0 Å². The summed E-state index contributed by atoms with van der Waals surface area (Å²) in [7, 11) is 1.84. The van der Waals surface area contributed by atoms with Crippen molar-refractivity contribution in [3.05, 3.63) is 48.7 Å². The maximum absolute atomic E-state index is 13.8. The van der Waals surface area contributed by atoms with Gasteiger partial charge in [-0.3, -0.25) is 4.68 Å². The number of aromatic amines is 1. The summed E-state index contributed by atoms with van der Waals surface area (Å²) in [4.78, 5) is 11.6. The first-order chi connectivity index (χ1) is 11.1. The zero-order valence-electron chi connectivity index (χ0n) is 12.3. The normalized spacial score (nSPS) is 11.2. The largest absolute Gasteiger partial charge is 0.383 e. The second-order valence-corrected chi connectivity index (χ2v) is 5.28. The van der Waals surface area contributed by atoms with Gasteiger partial charge in [-0.25, -0.2) is 14.4 Å². The molecular formula is C16H13FN6. The van der Waals surface area contributed by atoms with Gasteiger partial charge in [-0.05, 0) is 18.2 Å². The van der Waals surface area contributed by atoms with E-state index in [0.717, 1.165) is 11.1 Å². The molecule has 114 valence electrons. The number of hydrogen-bond donors (Lipinski definition) is 2. The maximum Gasteiger partial charge on any atom is 0.151 e. The highest BCUT2D eigenvalue weighted by atomic mass is 19.1. The molecule has 0 saturated heterocycles. The Morgan fingerprint density at radius 1 is 1.22 bits per heavy atom. The quantitative estimate of drug-likeness (QED) is 0.596. The molecular weight excluding hydrogens is 295 g/mol. The van der Waals surface area contributed by atoms with Crippen LogP contribution in [0.3, 0.4) is 0 Å². The lowest BCUT2D eigenvalue weighted by atomic mass is 10.1. The highest BCUT2D eigenvalue weighted by Gasteiger charge is 2.13. The van der Waals surface area contributed by atoms with E-state index in [-0.39, 0.29) is 11.3 Å². The Kier molecular flexibility index (Phi) is 2.87. The molecule has 0 aliphatic heterocycles. The molecule has 4 rings (SSSR count). The van der Waals surface area contributed by atoms with Crippen LogP contribution in [0.5, 0.6) is 0 Å². The van der Waals surface area contributed by atoms with E-state index in [1.807, 2.05) is 19.3 Å². The number of benzene rings is 1. The average Bonchev–Trinajstić information content (AvgIpc) is 3.15. The molecule has 0 saturated carbocycles. The van der Waals surface area contributed by atoms with Crippen molar-refractivity contribution in [3.63, 3.8) is 0 Å². The molecule has 0 amide bonds. The van der Waals surface area contributed by atoms with Gasteiger partial charge in [0.05, 0.1) is 17.3 Å². The number of para-hydroxylation sites is 1. The van der Waals surface area contributed by atoms with Crippen molar-refractivity contribution in [3.8, 4) is 22.5 Å². The molecule has 0 bridgehead atoms. The van der Waals surface area contributed by atoms with E-state index in [4.69, 9.17) is 5.73 Å². The zero-order chi connectivity index (χ0) is 16.0. The number of H-pyrrole nitrogens is 1. The summed E-state index contributed by atoms with van der Waals surface area (Å²) in [6.45, 7) is 0. The van der Waals surface area contributed by atoms with E-state index in [9.17, 15) is 4.39 Å². The van der Waals surface area contributed by atoms with Crippen LogP contribution >= 0.6 is 0 Å². The van der Waals surface area contributed by atoms with Crippen LogP contribution in [0, 0.1) is 5.82 Å². The minimum absolute atomic E-state index is 0.286. The molecule has 0 atom stereocenters. The lowest BCUT2D eigenvalue weighted by Crippen LogP contribution is -1.96. The lowest BCUT2D eigenvalue weighted by molar-refractivity contribution is 0.637. The van der Waals surface area contributed by atoms with Crippen LogP contribution in [0.2, 0.25) is 0 Å². The molecule has 23 heavy (non-hydrogen) atoms. The summed E-state index contributed by atoms with van der Waals surface area (Å²) in [5, 5.41) is 4.15. The molecule has 1 aromatic carbocycles. The van der Waals surface area contributed by atoms with E-state index in [1.165, 1.54) is 6.07 Å². The minimum atomic E-state index is -0.375. The van der Waals surface area contributed by atoms with Gasteiger partial charge in [-0.15, -0.1) is 0 Å². The van der Waals surface area contributed by atoms with Crippen molar-refractivity contribution < 1.29 is 4.39 Å². The molecule has 4 aromatic rings. The van der Waals surface area contributed by atoms with Gasteiger partial charge in [0.25, 0.3) is 0 Å². The highest BCUT2D eigenvalue weighted by molar-refractivity contribution is 5.83. The fourth-order valence-electron chi connectivity index (χ4n) is 2.52. The van der Waals surface area contributed by atoms with Crippen LogP contribution < -0.4 is 5.73 Å². The number of nitrogen functional groups attached to an aromatic ring is 1. The Labute approximate surface area is 130 Å². The Hall–Kier alpha value is -3.22. The molecule has 3 heterocycles. The Bertz CT molecular complexity index is 1020. The second-order valence-electron chi connectivity index (χ2n) is 5.28. The highest BCUT2D eigenvalue weighted by Crippen LogP contribution is 2.29. The van der Waals surface area contributed by atoms with Crippen molar-refractivity contribution in [2.24, 2.45) is 7.05 Å². The Balaban J connectivity index is 1.88. The van der Waals surface area contributed by atoms with Gasteiger partial charge in [0.2, 0.25) is 0 Å².